The maximum absolute atomic E-state index is 12.2. The Bertz CT molecular complexity index is 395. The first-order valence-corrected chi connectivity index (χ1v) is 6.59. The van der Waals surface area contributed by atoms with E-state index in [0.29, 0.717) is 6.42 Å². The Morgan fingerprint density at radius 3 is 2.47 bits per heavy atom. The summed E-state index contributed by atoms with van der Waals surface area (Å²) < 4.78 is 5.24. The number of ether oxygens (including phenoxy) is 1. The van der Waals surface area contributed by atoms with Crippen LogP contribution < -0.4 is 0 Å². The normalized spacial score (nSPS) is 14.4. The zero-order chi connectivity index (χ0) is 13.1. The summed E-state index contributed by atoms with van der Waals surface area (Å²) in [6, 6.07) is 3.66. The van der Waals surface area contributed by atoms with Gasteiger partial charge >= 0.3 is 5.97 Å². The van der Waals surface area contributed by atoms with Gasteiger partial charge in [-0.3, -0.25) is 9.59 Å². The van der Waals surface area contributed by atoms with E-state index in [1.54, 1.807) is 13.8 Å². The van der Waals surface area contributed by atoms with Crippen LogP contribution in [0.1, 0.15) is 39.0 Å². The number of ketones is 1. The molecule has 1 aromatic heterocycles. The highest BCUT2D eigenvalue weighted by Gasteiger charge is 2.46. The van der Waals surface area contributed by atoms with Gasteiger partial charge in [0.2, 0.25) is 0 Å². The van der Waals surface area contributed by atoms with Crippen molar-refractivity contribution in [2.45, 2.75) is 45.6 Å². The van der Waals surface area contributed by atoms with Gasteiger partial charge in [-0.05, 0) is 38.6 Å². The molecule has 1 heterocycles. The van der Waals surface area contributed by atoms with E-state index < -0.39 is 11.4 Å². The average Bonchev–Trinajstić information content (AvgIpc) is 2.71. The van der Waals surface area contributed by atoms with Crippen LogP contribution >= 0.6 is 11.3 Å². The maximum Gasteiger partial charge on any atom is 0.325 e. The van der Waals surface area contributed by atoms with Crippen LogP contribution in [0.25, 0.3) is 0 Å². The van der Waals surface area contributed by atoms with Crippen molar-refractivity contribution in [1.82, 2.24) is 0 Å². The number of hydrogen-bond donors (Lipinski definition) is 0. The van der Waals surface area contributed by atoms with E-state index in [9.17, 15) is 9.59 Å². The number of rotatable bonds is 5. The third kappa shape index (κ3) is 2.57. The molecule has 0 aliphatic carbocycles. The summed E-state index contributed by atoms with van der Waals surface area (Å²) in [6.07, 6.45) is 0.210. The molecule has 1 atom stereocenters. The summed E-state index contributed by atoms with van der Waals surface area (Å²) in [6.45, 7) is 6.85. The molecule has 0 aliphatic heterocycles. The highest BCUT2D eigenvalue weighted by atomic mass is 32.1. The van der Waals surface area contributed by atoms with Crippen LogP contribution in [0.2, 0.25) is 0 Å². The lowest BCUT2D eigenvalue weighted by Gasteiger charge is -2.27. The lowest BCUT2D eigenvalue weighted by molar-refractivity contribution is -0.157. The van der Waals surface area contributed by atoms with Crippen LogP contribution in [-0.4, -0.2) is 17.9 Å². The zero-order valence-electron chi connectivity index (χ0n) is 10.6. The van der Waals surface area contributed by atoms with Crippen LogP contribution in [0.5, 0.6) is 0 Å². The molecule has 0 fully saturated rings. The Labute approximate surface area is 106 Å². The van der Waals surface area contributed by atoms with Crippen LogP contribution in [0.15, 0.2) is 17.5 Å². The highest BCUT2D eigenvalue weighted by molar-refractivity contribution is 7.10. The first-order chi connectivity index (χ1) is 7.95. The summed E-state index contributed by atoms with van der Waals surface area (Å²) in [5.74, 6) is -0.599. The minimum Gasteiger partial charge on any atom is -0.462 e. The van der Waals surface area contributed by atoms with Crippen molar-refractivity contribution in [2.24, 2.45) is 0 Å². The predicted molar refractivity (Wildman–Crippen MR) is 68.2 cm³/mol. The predicted octanol–water partition coefficient (Wildman–Crippen LogP) is 2.94. The van der Waals surface area contributed by atoms with E-state index in [1.165, 1.54) is 18.3 Å². The van der Waals surface area contributed by atoms with Crippen molar-refractivity contribution in [3.8, 4) is 0 Å². The molecule has 0 saturated heterocycles. The summed E-state index contributed by atoms with van der Waals surface area (Å²) in [5.41, 5.74) is -1.13. The Morgan fingerprint density at radius 2 is 2.12 bits per heavy atom. The van der Waals surface area contributed by atoms with Gasteiger partial charge in [-0.1, -0.05) is 13.0 Å². The number of hydrogen-bond acceptors (Lipinski definition) is 4. The van der Waals surface area contributed by atoms with E-state index >= 15 is 0 Å². The molecule has 0 aromatic carbocycles. The van der Waals surface area contributed by atoms with E-state index in [1.807, 2.05) is 24.4 Å². The molecule has 0 aliphatic rings. The quantitative estimate of drug-likeness (QED) is 0.599. The van der Waals surface area contributed by atoms with Gasteiger partial charge in [0.15, 0.2) is 11.2 Å². The fourth-order valence-electron chi connectivity index (χ4n) is 1.82. The standard InChI is InChI=1S/C13H18O3S/c1-5-13(10(4)14,11-7-6-8-17-11)12(15)16-9(2)3/h6-9H,5H2,1-4H3/t13-/m0/s1. The Kier molecular flexibility index (Phi) is 4.46. The lowest BCUT2D eigenvalue weighted by Crippen LogP contribution is -2.43. The van der Waals surface area contributed by atoms with Crippen molar-refractivity contribution < 1.29 is 14.3 Å². The summed E-state index contributed by atoms with van der Waals surface area (Å²) in [5, 5.41) is 1.87. The van der Waals surface area contributed by atoms with Crippen molar-refractivity contribution in [3.05, 3.63) is 22.4 Å². The second kappa shape index (κ2) is 5.45. The molecule has 0 saturated carbocycles. The van der Waals surface area contributed by atoms with Gasteiger partial charge in [0.1, 0.15) is 0 Å². The minimum absolute atomic E-state index is 0.159. The molecule has 0 N–H and O–H groups in total. The third-order valence-electron chi connectivity index (χ3n) is 2.76. The van der Waals surface area contributed by atoms with Gasteiger partial charge in [0.05, 0.1) is 6.10 Å². The Morgan fingerprint density at radius 1 is 1.47 bits per heavy atom. The second-order valence-corrected chi connectivity index (χ2v) is 5.19. The smallest absolute Gasteiger partial charge is 0.325 e. The molecule has 0 unspecified atom stereocenters. The fraction of sp³-hybridized carbons (Fsp3) is 0.538. The number of Topliss-reactive ketones (excluding diaryl/α,β-unsaturated/α-hetero) is 1. The first kappa shape index (κ1) is 13.9. The highest BCUT2D eigenvalue weighted by Crippen LogP contribution is 2.34. The number of thiophene rings is 1. The molecule has 17 heavy (non-hydrogen) atoms. The third-order valence-corrected chi connectivity index (χ3v) is 3.80. The van der Waals surface area contributed by atoms with Crippen molar-refractivity contribution in [2.75, 3.05) is 0 Å². The van der Waals surface area contributed by atoms with Gasteiger partial charge in [0.25, 0.3) is 0 Å². The maximum atomic E-state index is 12.2. The van der Waals surface area contributed by atoms with Crippen LogP contribution in [0.4, 0.5) is 0 Å². The number of carbonyl (C=O) groups excluding carboxylic acids is 2. The molecule has 0 radical (unpaired) electrons. The van der Waals surface area contributed by atoms with Crippen molar-refractivity contribution in [1.29, 1.82) is 0 Å². The van der Waals surface area contributed by atoms with Gasteiger partial charge in [-0.2, -0.15) is 0 Å². The molecule has 0 bridgehead atoms. The molecular weight excluding hydrogens is 236 g/mol. The summed E-state index contributed by atoms with van der Waals surface area (Å²) in [7, 11) is 0. The van der Waals surface area contributed by atoms with Crippen LogP contribution in [0, 0.1) is 0 Å². The van der Waals surface area contributed by atoms with E-state index in [0.717, 1.165) is 4.88 Å². The first-order valence-electron chi connectivity index (χ1n) is 5.71. The van der Waals surface area contributed by atoms with E-state index in [4.69, 9.17) is 4.74 Å². The molecule has 1 aromatic rings. The molecule has 1 rings (SSSR count). The second-order valence-electron chi connectivity index (χ2n) is 4.25. The van der Waals surface area contributed by atoms with Crippen LogP contribution in [-0.2, 0) is 19.7 Å². The van der Waals surface area contributed by atoms with E-state index in [2.05, 4.69) is 0 Å². The van der Waals surface area contributed by atoms with Crippen LogP contribution in [0.3, 0.4) is 0 Å². The van der Waals surface area contributed by atoms with Gasteiger partial charge < -0.3 is 4.74 Å². The fourth-order valence-corrected chi connectivity index (χ4v) is 2.85. The zero-order valence-corrected chi connectivity index (χ0v) is 11.5. The largest absolute Gasteiger partial charge is 0.462 e. The summed E-state index contributed by atoms with van der Waals surface area (Å²) >= 11 is 1.42. The number of esters is 1. The van der Waals surface area contributed by atoms with Gasteiger partial charge in [-0.15, -0.1) is 11.3 Å². The summed E-state index contributed by atoms with van der Waals surface area (Å²) in [4.78, 5) is 24.9. The Balaban J connectivity index is 3.19. The average molecular weight is 254 g/mol. The molecule has 0 spiro atoms. The van der Waals surface area contributed by atoms with Crippen molar-refractivity contribution >= 4 is 23.1 Å². The molecular formula is C13H18O3S. The molecule has 94 valence electrons. The topological polar surface area (TPSA) is 43.4 Å². The molecule has 4 heteroatoms. The van der Waals surface area contributed by atoms with Gasteiger partial charge in [0, 0.05) is 4.88 Å². The molecule has 0 amide bonds. The number of carbonyl (C=O) groups is 2. The minimum atomic E-state index is -1.13. The lowest BCUT2D eigenvalue weighted by atomic mass is 9.80. The molecule has 3 nitrogen and oxygen atoms in total. The Hall–Kier alpha value is -1.16. The van der Waals surface area contributed by atoms with Crippen molar-refractivity contribution in [3.63, 3.8) is 0 Å². The SMILES string of the molecule is CC[C@@](C(C)=O)(C(=O)OC(C)C)c1cccs1. The van der Waals surface area contributed by atoms with E-state index in [-0.39, 0.29) is 11.9 Å². The van der Waals surface area contributed by atoms with Gasteiger partial charge in [-0.25, -0.2) is 0 Å². The monoisotopic (exact) mass is 254 g/mol.